The van der Waals surface area contributed by atoms with Crippen molar-refractivity contribution in [1.29, 1.82) is 0 Å². The second kappa shape index (κ2) is 7.82. The number of aromatic nitrogens is 1. The minimum Gasteiger partial charge on any atom is -0.424 e. The van der Waals surface area contributed by atoms with E-state index in [1.165, 1.54) is 23.5 Å². The molecule has 0 aliphatic heterocycles. The number of rotatable bonds is 4. The highest BCUT2D eigenvalue weighted by molar-refractivity contribution is 7.99. The molecule has 0 atom stereocenters. The van der Waals surface area contributed by atoms with Crippen molar-refractivity contribution in [2.45, 2.75) is 34.8 Å². The third-order valence-corrected chi connectivity index (χ3v) is 6.81. The Morgan fingerprint density at radius 1 is 1.20 bits per heavy atom. The number of pyridine rings is 1. The number of carbonyl (C=O) groups excluding carboxylic acids is 1. The molecule has 30 heavy (non-hydrogen) atoms. The summed E-state index contributed by atoms with van der Waals surface area (Å²) in [6.07, 6.45) is -2.75. The maximum Gasteiger partial charge on any atom is 0.419 e. The summed E-state index contributed by atoms with van der Waals surface area (Å²) >= 11 is 6.94. The highest BCUT2D eigenvalue weighted by Crippen LogP contribution is 2.43. The zero-order valence-electron chi connectivity index (χ0n) is 15.9. The van der Waals surface area contributed by atoms with Crippen molar-refractivity contribution in [3.05, 3.63) is 52.7 Å². The molecule has 0 aliphatic rings. The topological polar surface area (TPSA) is 64.9 Å². The number of sulfone groups is 1. The molecule has 0 radical (unpaired) electrons. The molecule has 0 bridgehead atoms. The Balaban J connectivity index is 2.19. The van der Waals surface area contributed by atoms with E-state index < -0.39 is 32.6 Å². The number of benzene rings is 1. The summed E-state index contributed by atoms with van der Waals surface area (Å²) in [5.74, 6) is -0.524. The molecule has 0 saturated carbocycles. The molecule has 11 heteroatoms. The summed E-state index contributed by atoms with van der Waals surface area (Å²) < 4.78 is 69.8. The monoisotopic (exact) mass is 477 g/mol. The average molecular weight is 478 g/mol. The lowest BCUT2D eigenvalue weighted by Crippen LogP contribution is -2.08. The number of hydrogen-bond acceptors (Lipinski definition) is 5. The largest absolute Gasteiger partial charge is 0.424 e. The van der Waals surface area contributed by atoms with Gasteiger partial charge in [0.1, 0.15) is 0 Å². The fourth-order valence-electron chi connectivity index (χ4n) is 2.81. The summed E-state index contributed by atoms with van der Waals surface area (Å²) in [5.41, 5.74) is -0.385. The van der Waals surface area contributed by atoms with Crippen LogP contribution >= 0.6 is 23.4 Å². The molecule has 0 spiro atoms. The van der Waals surface area contributed by atoms with Crippen molar-refractivity contribution in [3.8, 4) is 5.75 Å². The number of esters is 1. The Bertz CT molecular complexity index is 1250. The molecule has 160 valence electrons. The molecule has 5 nitrogen and oxygen atoms in total. The van der Waals surface area contributed by atoms with Crippen molar-refractivity contribution in [1.82, 2.24) is 4.40 Å². The summed E-state index contributed by atoms with van der Waals surface area (Å²) in [4.78, 5) is 12.2. The first kappa shape index (κ1) is 22.5. The molecule has 2 heterocycles. The Labute approximate surface area is 179 Å². The molecule has 2 aromatic heterocycles. The van der Waals surface area contributed by atoms with Crippen LogP contribution in [-0.4, -0.2) is 25.0 Å². The predicted molar refractivity (Wildman–Crippen MR) is 107 cm³/mol. The lowest BCUT2D eigenvalue weighted by atomic mass is 10.2. The van der Waals surface area contributed by atoms with Crippen molar-refractivity contribution < 1.29 is 31.1 Å². The Morgan fingerprint density at radius 3 is 2.30 bits per heavy atom. The molecule has 0 aliphatic carbocycles. The maximum absolute atomic E-state index is 13.4. The summed E-state index contributed by atoms with van der Waals surface area (Å²) in [6, 6.07) is 7.02. The highest BCUT2D eigenvalue weighted by Gasteiger charge is 2.35. The van der Waals surface area contributed by atoms with Crippen LogP contribution in [0.1, 0.15) is 18.1 Å². The first-order valence-corrected chi connectivity index (χ1v) is 11.5. The van der Waals surface area contributed by atoms with Crippen LogP contribution in [0, 0.1) is 6.92 Å². The van der Waals surface area contributed by atoms with Crippen molar-refractivity contribution in [2.24, 2.45) is 0 Å². The van der Waals surface area contributed by atoms with Crippen LogP contribution < -0.4 is 4.74 Å². The third-order valence-electron chi connectivity index (χ3n) is 4.17. The lowest BCUT2D eigenvalue weighted by Gasteiger charge is -2.11. The van der Waals surface area contributed by atoms with Gasteiger partial charge in [0.2, 0.25) is 0 Å². The van der Waals surface area contributed by atoms with Crippen LogP contribution in [0.25, 0.3) is 5.52 Å². The maximum atomic E-state index is 13.4. The van der Waals surface area contributed by atoms with Crippen molar-refractivity contribution in [2.75, 3.05) is 6.26 Å². The zero-order valence-corrected chi connectivity index (χ0v) is 18.3. The van der Waals surface area contributed by atoms with Gasteiger partial charge in [-0.2, -0.15) is 13.2 Å². The van der Waals surface area contributed by atoms with Crippen LogP contribution in [0.4, 0.5) is 13.2 Å². The molecule has 0 amide bonds. The minimum atomic E-state index is -4.68. The zero-order chi connectivity index (χ0) is 22.4. The first-order chi connectivity index (χ1) is 13.8. The molecule has 1 aromatic carbocycles. The number of alkyl halides is 3. The smallest absolute Gasteiger partial charge is 0.419 e. The fourth-order valence-corrected chi connectivity index (χ4v) is 4.69. The summed E-state index contributed by atoms with van der Waals surface area (Å²) in [6.45, 7) is 2.80. The van der Waals surface area contributed by atoms with Gasteiger partial charge in [0, 0.05) is 29.8 Å². The normalized spacial score (nSPS) is 12.4. The Kier molecular flexibility index (Phi) is 5.87. The summed E-state index contributed by atoms with van der Waals surface area (Å²) in [7, 11) is -3.38. The van der Waals surface area contributed by atoms with Gasteiger partial charge in [-0.1, -0.05) is 23.4 Å². The van der Waals surface area contributed by atoms with Crippen LogP contribution in [-0.2, 0) is 20.8 Å². The van der Waals surface area contributed by atoms with E-state index in [4.69, 9.17) is 16.3 Å². The number of carbonyl (C=O) groups is 1. The van der Waals surface area contributed by atoms with E-state index in [0.29, 0.717) is 15.5 Å². The van der Waals surface area contributed by atoms with Gasteiger partial charge in [-0.15, -0.1) is 0 Å². The van der Waals surface area contributed by atoms with Crippen molar-refractivity contribution in [3.63, 3.8) is 0 Å². The van der Waals surface area contributed by atoms with Gasteiger partial charge in [-0.05, 0) is 37.3 Å². The van der Waals surface area contributed by atoms with Crippen LogP contribution in [0.2, 0.25) is 5.02 Å². The molecule has 3 rings (SSSR count). The second-order valence-corrected chi connectivity index (χ2v) is 9.97. The van der Waals surface area contributed by atoms with E-state index in [9.17, 15) is 26.4 Å². The van der Waals surface area contributed by atoms with E-state index in [1.807, 2.05) is 0 Å². The van der Waals surface area contributed by atoms with Gasteiger partial charge in [-0.3, -0.25) is 4.79 Å². The van der Waals surface area contributed by atoms with E-state index >= 15 is 0 Å². The number of ether oxygens (including phenoxy) is 1. The van der Waals surface area contributed by atoms with Crippen LogP contribution in [0.15, 0.2) is 51.3 Å². The van der Waals surface area contributed by atoms with Crippen molar-refractivity contribution >= 4 is 44.7 Å². The molecular weight excluding hydrogens is 463 g/mol. The predicted octanol–water partition coefficient (Wildman–Crippen LogP) is 5.40. The third kappa shape index (κ3) is 4.45. The number of hydrogen-bond donors (Lipinski definition) is 0. The van der Waals surface area contributed by atoms with Gasteiger partial charge in [0.05, 0.1) is 26.0 Å². The quantitative estimate of drug-likeness (QED) is 0.471. The summed E-state index contributed by atoms with van der Waals surface area (Å²) in [5, 5.41) is -0.148. The van der Waals surface area contributed by atoms with E-state index in [0.717, 1.165) is 30.3 Å². The minimum absolute atomic E-state index is 0.105. The molecule has 0 saturated heterocycles. The number of halogens is 4. The van der Waals surface area contributed by atoms with E-state index in [1.54, 1.807) is 19.1 Å². The number of fused-ring (bicyclic) bond motifs is 1. The number of nitrogens with zero attached hydrogens (tertiary/aromatic N) is 1. The average Bonchev–Trinajstić information content (AvgIpc) is 2.84. The molecule has 0 fully saturated rings. The molecule has 0 N–H and O–H groups in total. The highest BCUT2D eigenvalue weighted by atomic mass is 35.5. The second-order valence-electron chi connectivity index (χ2n) is 6.49. The van der Waals surface area contributed by atoms with Gasteiger partial charge < -0.3 is 9.14 Å². The Hall–Kier alpha value is -2.17. The van der Waals surface area contributed by atoms with Gasteiger partial charge in [0.15, 0.2) is 15.6 Å². The fraction of sp³-hybridized carbons (Fsp3) is 0.211. The van der Waals surface area contributed by atoms with E-state index in [-0.39, 0.29) is 16.2 Å². The molecule has 3 aromatic rings. The van der Waals surface area contributed by atoms with Gasteiger partial charge in [-0.25, -0.2) is 8.42 Å². The Morgan fingerprint density at radius 2 is 1.80 bits per heavy atom. The SMILES string of the molecule is CC(=O)Oc1c(C)c(Sc2ccc(S(C)(=O)=O)cc2)n2cc(C(F)(F)F)c(Cl)cc12. The van der Waals surface area contributed by atoms with E-state index in [2.05, 4.69) is 0 Å². The standard InChI is InChI=1S/C19H15ClF3NO4S2/c1-10-17(28-11(2)25)16-8-15(20)14(19(21,22)23)9-24(16)18(10)29-12-4-6-13(7-5-12)30(3,26)27/h4-9H,1-3H3. The van der Waals surface area contributed by atoms with Crippen LogP contribution in [0.5, 0.6) is 5.75 Å². The molecule has 0 unspecified atom stereocenters. The van der Waals surface area contributed by atoms with Crippen LogP contribution in [0.3, 0.4) is 0 Å². The first-order valence-electron chi connectivity index (χ1n) is 8.37. The molecular formula is C19H15ClF3NO4S2. The van der Waals surface area contributed by atoms with Gasteiger partial charge in [0.25, 0.3) is 0 Å². The van der Waals surface area contributed by atoms with Gasteiger partial charge >= 0.3 is 12.1 Å². The lowest BCUT2D eigenvalue weighted by molar-refractivity contribution is -0.138.